The van der Waals surface area contributed by atoms with E-state index in [0.717, 1.165) is 22.7 Å². The fraction of sp³-hybridized carbons (Fsp3) is 0.462. The lowest BCUT2D eigenvalue weighted by molar-refractivity contribution is 0.445. The minimum atomic E-state index is -0.325. The van der Waals surface area contributed by atoms with E-state index in [-0.39, 0.29) is 5.41 Å². The van der Waals surface area contributed by atoms with Gasteiger partial charge in [0.05, 0.1) is 11.5 Å². The third-order valence-corrected chi connectivity index (χ3v) is 2.84. The van der Waals surface area contributed by atoms with Gasteiger partial charge in [-0.1, -0.05) is 23.7 Å². The first-order valence-electron chi connectivity index (χ1n) is 5.31. The summed E-state index contributed by atoms with van der Waals surface area (Å²) >= 11 is 6.03. The second-order valence-corrected chi connectivity index (χ2v) is 5.09. The molecule has 0 fully saturated rings. The Labute approximate surface area is 102 Å². The zero-order valence-electron chi connectivity index (χ0n) is 9.97. The van der Waals surface area contributed by atoms with Crippen LogP contribution in [0.4, 0.5) is 0 Å². The molecule has 0 heterocycles. The number of rotatable bonds is 4. The Morgan fingerprint density at radius 3 is 2.69 bits per heavy atom. The van der Waals surface area contributed by atoms with Crippen molar-refractivity contribution in [2.45, 2.75) is 27.3 Å². The van der Waals surface area contributed by atoms with Crippen molar-refractivity contribution in [3.05, 3.63) is 34.3 Å². The maximum absolute atomic E-state index is 8.86. The van der Waals surface area contributed by atoms with Crippen molar-refractivity contribution in [3.63, 3.8) is 0 Å². The number of hydrogen-bond donors (Lipinski definition) is 1. The zero-order valence-corrected chi connectivity index (χ0v) is 10.7. The minimum Gasteiger partial charge on any atom is -0.311 e. The molecule has 0 bridgehead atoms. The number of nitrogens with one attached hydrogen (secondary N) is 1. The molecule has 0 unspecified atom stereocenters. The van der Waals surface area contributed by atoms with Gasteiger partial charge in [-0.15, -0.1) is 0 Å². The van der Waals surface area contributed by atoms with Crippen molar-refractivity contribution in [2.24, 2.45) is 5.41 Å². The number of aryl methyl sites for hydroxylation is 1. The highest BCUT2D eigenvalue weighted by Gasteiger charge is 2.15. The molecule has 0 aliphatic carbocycles. The standard InChI is InChI=1S/C13H17ClN2/c1-10-4-5-11(6-12(10)14)7-16-9-13(2,3)8-15/h4-6,16H,7,9H2,1-3H3. The van der Waals surface area contributed by atoms with Gasteiger partial charge < -0.3 is 5.32 Å². The molecule has 0 aliphatic heterocycles. The second-order valence-electron chi connectivity index (χ2n) is 4.68. The average Bonchev–Trinajstić information content (AvgIpc) is 2.23. The Balaban J connectivity index is 2.50. The van der Waals surface area contributed by atoms with E-state index in [9.17, 15) is 0 Å². The topological polar surface area (TPSA) is 35.8 Å². The molecule has 0 atom stereocenters. The van der Waals surface area contributed by atoms with Crippen LogP contribution in [0.2, 0.25) is 5.02 Å². The number of halogens is 1. The van der Waals surface area contributed by atoms with E-state index in [0.29, 0.717) is 6.54 Å². The Morgan fingerprint density at radius 2 is 2.12 bits per heavy atom. The molecule has 3 heteroatoms. The Bertz CT molecular complexity index is 405. The molecule has 0 aromatic heterocycles. The largest absolute Gasteiger partial charge is 0.311 e. The van der Waals surface area contributed by atoms with Crippen LogP contribution in [0.3, 0.4) is 0 Å². The van der Waals surface area contributed by atoms with Gasteiger partial charge in [-0.2, -0.15) is 5.26 Å². The third-order valence-electron chi connectivity index (χ3n) is 2.43. The van der Waals surface area contributed by atoms with Gasteiger partial charge in [-0.25, -0.2) is 0 Å². The highest BCUT2D eigenvalue weighted by Crippen LogP contribution is 2.17. The fourth-order valence-corrected chi connectivity index (χ4v) is 1.51. The van der Waals surface area contributed by atoms with Crippen LogP contribution >= 0.6 is 11.6 Å². The summed E-state index contributed by atoms with van der Waals surface area (Å²) in [7, 11) is 0. The van der Waals surface area contributed by atoms with Crippen molar-refractivity contribution < 1.29 is 0 Å². The summed E-state index contributed by atoms with van der Waals surface area (Å²) in [5.41, 5.74) is 1.90. The quantitative estimate of drug-likeness (QED) is 0.871. The summed E-state index contributed by atoms with van der Waals surface area (Å²) in [4.78, 5) is 0. The Morgan fingerprint density at radius 1 is 1.44 bits per heavy atom. The van der Waals surface area contributed by atoms with Crippen LogP contribution < -0.4 is 5.32 Å². The lowest BCUT2D eigenvalue weighted by atomic mass is 9.96. The van der Waals surface area contributed by atoms with E-state index in [1.54, 1.807) is 0 Å². The lowest BCUT2D eigenvalue weighted by Crippen LogP contribution is -2.27. The molecule has 1 aromatic carbocycles. The van der Waals surface area contributed by atoms with Gasteiger partial charge in [-0.05, 0) is 38.0 Å². The zero-order chi connectivity index (χ0) is 12.2. The minimum absolute atomic E-state index is 0.325. The Kier molecular flexibility index (Phi) is 4.35. The van der Waals surface area contributed by atoms with Gasteiger partial charge in [0.2, 0.25) is 0 Å². The van der Waals surface area contributed by atoms with Gasteiger partial charge in [0.25, 0.3) is 0 Å². The fourth-order valence-electron chi connectivity index (χ4n) is 1.31. The lowest BCUT2D eigenvalue weighted by Gasteiger charge is -2.16. The molecular formula is C13H17ClN2. The predicted molar refractivity (Wildman–Crippen MR) is 67.3 cm³/mol. The van der Waals surface area contributed by atoms with Crippen molar-refractivity contribution in [2.75, 3.05) is 6.54 Å². The molecular weight excluding hydrogens is 220 g/mol. The molecule has 0 saturated heterocycles. The summed E-state index contributed by atoms with van der Waals surface area (Å²) < 4.78 is 0. The van der Waals surface area contributed by atoms with Gasteiger partial charge >= 0.3 is 0 Å². The number of benzene rings is 1. The SMILES string of the molecule is Cc1ccc(CNCC(C)(C)C#N)cc1Cl. The van der Waals surface area contributed by atoms with Gasteiger partial charge in [0.15, 0.2) is 0 Å². The molecule has 16 heavy (non-hydrogen) atoms. The van der Waals surface area contributed by atoms with E-state index in [1.165, 1.54) is 0 Å². The van der Waals surface area contributed by atoms with E-state index in [2.05, 4.69) is 11.4 Å². The maximum Gasteiger partial charge on any atom is 0.0697 e. The Hall–Kier alpha value is -1.04. The van der Waals surface area contributed by atoms with Crippen molar-refractivity contribution >= 4 is 11.6 Å². The van der Waals surface area contributed by atoms with E-state index in [1.807, 2.05) is 39.0 Å². The van der Waals surface area contributed by atoms with Gasteiger partial charge in [-0.3, -0.25) is 0 Å². The number of nitriles is 1. The first kappa shape index (κ1) is 13.0. The van der Waals surface area contributed by atoms with Crippen LogP contribution in [0, 0.1) is 23.7 Å². The number of hydrogen-bond acceptors (Lipinski definition) is 2. The summed E-state index contributed by atoms with van der Waals surface area (Å²) in [5.74, 6) is 0. The van der Waals surface area contributed by atoms with Crippen molar-refractivity contribution in [1.29, 1.82) is 5.26 Å². The summed E-state index contributed by atoms with van der Waals surface area (Å²) in [6.07, 6.45) is 0. The monoisotopic (exact) mass is 236 g/mol. The molecule has 0 aliphatic rings. The highest BCUT2D eigenvalue weighted by atomic mass is 35.5. The molecule has 2 nitrogen and oxygen atoms in total. The van der Waals surface area contributed by atoms with E-state index in [4.69, 9.17) is 16.9 Å². The van der Waals surface area contributed by atoms with Gasteiger partial charge in [0, 0.05) is 18.1 Å². The molecule has 0 amide bonds. The van der Waals surface area contributed by atoms with Crippen LogP contribution in [0.15, 0.2) is 18.2 Å². The van der Waals surface area contributed by atoms with Crippen LogP contribution in [0.25, 0.3) is 0 Å². The van der Waals surface area contributed by atoms with Crippen molar-refractivity contribution in [1.82, 2.24) is 5.32 Å². The van der Waals surface area contributed by atoms with Crippen molar-refractivity contribution in [3.8, 4) is 6.07 Å². The second kappa shape index (κ2) is 5.34. The molecule has 1 aromatic rings. The first-order valence-corrected chi connectivity index (χ1v) is 5.69. The molecule has 1 rings (SSSR count). The van der Waals surface area contributed by atoms with Crippen LogP contribution in [0.1, 0.15) is 25.0 Å². The smallest absolute Gasteiger partial charge is 0.0697 e. The normalized spacial score (nSPS) is 11.2. The number of nitrogens with zero attached hydrogens (tertiary/aromatic N) is 1. The average molecular weight is 237 g/mol. The summed E-state index contributed by atoms with van der Waals surface area (Å²) in [6, 6.07) is 8.28. The maximum atomic E-state index is 8.86. The molecule has 0 saturated carbocycles. The molecule has 0 radical (unpaired) electrons. The van der Waals surface area contributed by atoms with Crippen LogP contribution in [-0.4, -0.2) is 6.54 Å². The van der Waals surface area contributed by atoms with Crippen LogP contribution in [0.5, 0.6) is 0 Å². The molecule has 86 valence electrons. The molecule has 1 N–H and O–H groups in total. The first-order chi connectivity index (χ1) is 7.44. The van der Waals surface area contributed by atoms with E-state index < -0.39 is 0 Å². The summed E-state index contributed by atoms with van der Waals surface area (Å²) in [5, 5.41) is 12.9. The van der Waals surface area contributed by atoms with E-state index >= 15 is 0 Å². The molecule has 0 spiro atoms. The summed E-state index contributed by atoms with van der Waals surface area (Å²) in [6.45, 7) is 7.24. The van der Waals surface area contributed by atoms with Crippen LogP contribution in [-0.2, 0) is 6.54 Å². The predicted octanol–water partition coefficient (Wildman–Crippen LogP) is 3.29. The van der Waals surface area contributed by atoms with Gasteiger partial charge in [0.1, 0.15) is 0 Å². The third kappa shape index (κ3) is 3.84. The highest BCUT2D eigenvalue weighted by molar-refractivity contribution is 6.31.